The molecule has 3 N–H and O–H groups in total. The van der Waals surface area contributed by atoms with Crippen molar-refractivity contribution in [3.63, 3.8) is 0 Å². The summed E-state index contributed by atoms with van der Waals surface area (Å²) < 4.78 is 68.3. The maximum absolute atomic E-state index is 13.0. The van der Waals surface area contributed by atoms with Crippen LogP contribution < -0.4 is 0 Å². The minimum Gasteiger partial charge on any atom is -0.462 e. The number of hydrogen-bond donors (Lipinski definition) is 3. The summed E-state index contributed by atoms with van der Waals surface area (Å²) in [6, 6.07) is 0. The van der Waals surface area contributed by atoms with Crippen LogP contribution >= 0.6 is 15.6 Å². The summed E-state index contributed by atoms with van der Waals surface area (Å²) in [6.45, 7) is 14.1. The summed E-state index contributed by atoms with van der Waals surface area (Å²) in [5.41, 5.74) is 0. The van der Waals surface area contributed by atoms with Crippen molar-refractivity contribution in [2.75, 3.05) is 39.6 Å². The number of hydrogen-bond acceptors (Lipinski definition) is 15. The highest BCUT2D eigenvalue weighted by molar-refractivity contribution is 7.47. The van der Waals surface area contributed by atoms with E-state index in [1.165, 1.54) is 148 Å². The number of carbonyl (C=O) groups excluding carboxylic acids is 4. The lowest BCUT2D eigenvalue weighted by atomic mass is 9.99. The van der Waals surface area contributed by atoms with E-state index in [1.807, 2.05) is 0 Å². The van der Waals surface area contributed by atoms with E-state index in [4.69, 9.17) is 37.0 Å². The molecule has 90 heavy (non-hydrogen) atoms. The van der Waals surface area contributed by atoms with E-state index in [2.05, 4.69) is 55.4 Å². The van der Waals surface area contributed by atoms with Gasteiger partial charge in [-0.3, -0.25) is 37.3 Å². The fourth-order valence-corrected chi connectivity index (χ4v) is 12.2. The number of ether oxygens (including phenoxy) is 4. The van der Waals surface area contributed by atoms with Crippen molar-refractivity contribution in [3.05, 3.63) is 0 Å². The molecule has 0 rings (SSSR count). The molecule has 17 nitrogen and oxygen atoms in total. The Morgan fingerprint density at radius 3 is 0.789 bits per heavy atom. The van der Waals surface area contributed by atoms with Gasteiger partial charge in [0.05, 0.1) is 26.4 Å². The van der Waals surface area contributed by atoms with E-state index in [0.717, 1.165) is 114 Å². The maximum atomic E-state index is 13.0. The van der Waals surface area contributed by atoms with E-state index in [9.17, 15) is 43.2 Å². The fraction of sp³-hybridized carbons (Fsp3) is 0.944. The molecule has 4 unspecified atom stereocenters. The van der Waals surface area contributed by atoms with E-state index < -0.39 is 97.5 Å². The molecule has 0 aliphatic rings. The van der Waals surface area contributed by atoms with E-state index in [0.29, 0.717) is 31.6 Å². The first-order valence-electron chi connectivity index (χ1n) is 36.8. The van der Waals surface area contributed by atoms with Crippen LogP contribution in [0.4, 0.5) is 0 Å². The van der Waals surface area contributed by atoms with Gasteiger partial charge in [-0.25, -0.2) is 9.13 Å². The summed E-state index contributed by atoms with van der Waals surface area (Å²) in [5.74, 6) is 0.872. The van der Waals surface area contributed by atoms with Crippen LogP contribution in [0.15, 0.2) is 0 Å². The molecule has 0 aromatic heterocycles. The molecular weight excluding hydrogens is 1190 g/mol. The predicted octanol–water partition coefficient (Wildman–Crippen LogP) is 20.1. The second-order valence-electron chi connectivity index (χ2n) is 27.1. The van der Waals surface area contributed by atoms with Crippen molar-refractivity contribution >= 4 is 39.5 Å². The Bertz CT molecular complexity index is 1790. The van der Waals surface area contributed by atoms with Crippen molar-refractivity contribution in [2.45, 2.75) is 369 Å². The molecule has 0 heterocycles. The summed E-state index contributed by atoms with van der Waals surface area (Å²) in [6.07, 6.45) is 43.2. The van der Waals surface area contributed by atoms with Gasteiger partial charge in [-0.1, -0.05) is 299 Å². The number of esters is 4. The van der Waals surface area contributed by atoms with Crippen LogP contribution in [-0.2, 0) is 65.4 Å². The summed E-state index contributed by atoms with van der Waals surface area (Å²) in [7, 11) is -9.90. The van der Waals surface area contributed by atoms with Crippen molar-refractivity contribution in [1.82, 2.24) is 0 Å². The Kier molecular flexibility index (Phi) is 59.4. The molecule has 0 aliphatic heterocycles. The van der Waals surface area contributed by atoms with Crippen molar-refractivity contribution in [3.8, 4) is 0 Å². The Balaban J connectivity index is 5.24. The van der Waals surface area contributed by atoms with Crippen LogP contribution in [0.3, 0.4) is 0 Å². The van der Waals surface area contributed by atoms with Gasteiger partial charge in [-0.15, -0.1) is 0 Å². The first-order valence-corrected chi connectivity index (χ1v) is 39.8. The van der Waals surface area contributed by atoms with Crippen LogP contribution in [-0.4, -0.2) is 96.7 Å². The van der Waals surface area contributed by atoms with Crippen LogP contribution in [0, 0.1) is 23.7 Å². The summed E-state index contributed by atoms with van der Waals surface area (Å²) in [4.78, 5) is 72.5. The van der Waals surface area contributed by atoms with E-state index in [-0.39, 0.29) is 25.7 Å². The highest BCUT2D eigenvalue weighted by Crippen LogP contribution is 2.45. The van der Waals surface area contributed by atoms with Crippen molar-refractivity contribution in [2.24, 2.45) is 23.7 Å². The van der Waals surface area contributed by atoms with Gasteiger partial charge in [0.1, 0.15) is 19.3 Å². The molecule has 0 fully saturated rings. The molecule has 0 aromatic rings. The Labute approximate surface area is 549 Å². The zero-order chi connectivity index (χ0) is 66.8. The zero-order valence-electron chi connectivity index (χ0n) is 58.8. The second-order valence-corrected chi connectivity index (χ2v) is 30.0. The molecular formula is C71H138O17P2. The van der Waals surface area contributed by atoms with Gasteiger partial charge >= 0.3 is 39.5 Å². The Hall–Kier alpha value is -1.94. The monoisotopic (exact) mass is 1320 g/mol. The third-order valence-corrected chi connectivity index (χ3v) is 18.9. The first-order chi connectivity index (χ1) is 43.2. The number of unbranched alkanes of at least 4 members (excludes halogenated alkanes) is 32. The standard InChI is InChI=1S/C71H138O17P2/c1-9-63(7)49-41-33-24-20-17-18-21-25-35-43-51-68(73)81-57-66(87-70(75)53-45-37-26-22-16-14-12-11-13-15-19-23-31-39-47-61(3)4)59-85-89(77,78)83-55-65(72)56-84-90(79,80)86-60-67(88-71(76)54-46-38-29-27-32-40-48-62(5)6)58-82-69(74)52-44-36-30-28-34-42-50-64(8)10-2/h61-67,72H,9-60H2,1-8H3,(H,77,78)(H,79,80)/t63?,64?,65-,66-,67-/m1/s1. The SMILES string of the molecule is CCC(C)CCCCCCCCCCCCC(=O)OC[C@H](COP(=O)(O)OC[C@@H](O)COP(=O)(O)OC[C@@H](COC(=O)CCCCCCCCC(C)CC)OC(=O)CCCCCCCCC(C)C)OC(=O)CCCCCCCCCCCCCCCCC(C)C. The lowest BCUT2D eigenvalue weighted by molar-refractivity contribution is -0.161. The lowest BCUT2D eigenvalue weighted by Crippen LogP contribution is -2.30. The van der Waals surface area contributed by atoms with E-state index >= 15 is 0 Å². The molecule has 0 radical (unpaired) electrons. The van der Waals surface area contributed by atoms with Gasteiger partial charge in [0.25, 0.3) is 0 Å². The number of rotatable bonds is 68. The quantitative estimate of drug-likeness (QED) is 0.0222. The van der Waals surface area contributed by atoms with Crippen LogP contribution in [0.1, 0.15) is 351 Å². The molecule has 0 aromatic carbocycles. The molecule has 19 heteroatoms. The largest absolute Gasteiger partial charge is 0.472 e. The molecule has 0 amide bonds. The average Bonchev–Trinajstić information content (AvgIpc) is 3.02. The molecule has 0 saturated carbocycles. The predicted molar refractivity (Wildman–Crippen MR) is 363 cm³/mol. The third kappa shape index (κ3) is 62.2. The maximum Gasteiger partial charge on any atom is 0.472 e. The van der Waals surface area contributed by atoms with Gasteiger partial charge < -0.3 is 33.8 Å². The van der Waals surface area contributed by atoms with Crippen molar-refractivity contribution < 1.29 is 80.2 Å². The van der Waals surface area contributed by atoms with Crippen LogP contribution in [0.5, 0.6) is 0 Å². The summed E-state index contributed by atoms with van der Waals surface area (Å²) >= 11 is 0. The highest BCUT2D eigenvalue weighted by atomic mass is 31.2. The van der Waals surface area contributed by atoms with Gasteiger partial charge in [-0.05, 0) is 49.4 Å². The Morgan fingerprint density at radius 1 is 0.311 bits per heavy atom. The number of phosphoric acid groups is 2. The zero-order valence-corrected chi connectivity index (χ0v) is 60.6. The fourth-order valence-electron chi connectivity index (χ4n) is 10.6. The molecule has 0 spiro atoms. The highest BCUT2D eigenvalue weighted by Gasteiger charge is 2.30. The lowest BCUT2D eigenvalue weighted by Gasteiger charge is -2.21. The topological polar surface area (TPSA) is 237 Å². The van der Waals surface area contributed by atoms with Gasteiger partial charge in [0.2, 0.25) is 0 Å². The minimum absolute atomic E-state index is 0.101. The number of phosphoric ester groups is 2. The molecule has 0 aliphatic carbocycles. The molecule has 0 bridgehead atoms. The van der Waals surface area contributed by atoms with Gasteiger partial charge in [-0.2, -0.15) is 0 Å². The number of carbonyl (C=O) groups is 4. The Morgan fingerprint density at radius 2 is 0.533 bits per heavy atom. The number of aliphatic hydroxyl groups is 1. The molecule has 0 saturated heterocycles. The minimum atomic E-state index is -4.95. The van der Waals surface area contributed by atoms with E-state index in [1.54, 1.807) is 0 Å². The van der Waals surface area contributed by atoms with Gasteiger partial charge in [0, 0.05) is 25.7 Å². The van der Waals surface area contributed by atoms with Crippen LogP contribution in [0.2, 0.25) is 0 Å². The summed E-state index contributed by atoms with van der Waals surface area (Å²) in [5, 5.41) is 10.6. The average molecular weight is 1330 g/mol. The first kappa shape index (κ1) is 88.1. The van der Waals surface area contributed by atoms with Crippen LogP contribution in [0.25, 0.3) is 0 Å². The second kappa shape index (κ2) is 60.7. The normalized spacial score (nSPS) is 14.9. The van der Waals surface area contributed by atoms with Crippen molar-refractivity contribution in [1.29, 1.82) is 0 Å². The molecule has 534 valence electrons. The van der Waals surface area contributed by atoms with Gasteiger partial charge in [0.15, 0.2) is 12.2 Å². The number of aliphatic hydroxyl groups excluding tert-OH is 1. The third-order valence-electron chi connectivity index (χ3n) is 17.0. The molecule has 7 atom stereocenters. The smallest absolute Gasteiger partial charge is 0.462 e.